The van der Waals surface area contributed by atoms with Gasteiger partial charge in [0.05, 0.1) is 17.2 Å². The van der Waals surface area contributed by atoms with Crippen molar-refractivity contribution in [1.82, 2.24) is 9.88 Å². The van der Waals surface area contributed by atoms with Crippen molar-refractivity contribution in [3.05, 3.63) is 38.7 Å². The lowest BCUT2D eigenvalue weighted by Crippen LogP contribution is -2.25. The molecule has 1 amide bonds. The first kappa shape index (κ1) is 17.7. The van der Waals surface area contributed by atoms with Crippen LogP contribution in [0.25, 0.3) is 0 Å². The van der Waals surface area contributed by atoms with Crippen LogP contribution in [0.2, 0.25) is 0 Å². The first-order chi connectivity index (χ1) is 11.9. The Kier molecular flexibility index (Phi) is 4.94. The van der Waals surface area contributed by atoms with E-state index in [1.165, 1.54) is 30.2 Å². The van der Waals surface area contributed by atoms with Crippen molar-refractivity contribution >= 4 is 23.2 Å². The lowest BCUT2D eigenvalue weighted by Gasteiger charge is -2.14. The van der Waals surface area contributed by atoms with Gasteiger partial charge in [0.15, 0.2) is 0 Å². The van der Waals surface area contributed by atoms with Gasteiger partial charge >= 0.3 is 5.97 Å². The van der Waals surface area contributed by atoms with Crippen LogP contribution in [-0.2, 0) is 6.54 Å². The molecule has 25 heavy (non-hydrogen) atoms. The molecule has 1 aliphatic rings. The van der Waals surface area contributed by atoms with E-state index >= 15 is 0 Å². The van der Waals surface area contributed by atoms with E-state index in [1.54, 1.807) is 18.9 Å². The number of carboxylic acid groups (broad SMARTS) is 1. The minimum atomic E-state index is -1.03. The van der Waals surface area contributed by atoms with E-state index < -0.39 is 5.97 Å². The van der Waals surface area contributed by atoms with Gasteiger partial charge in [-0.05, 0) is 32.8 Å². The van der Waals surface area contributed by atoms with E-state index in [1.807, 2.05) is 6.92 Å². The molecule has 0 unspecified atom stereocenters. The molecule has 2 aromatic heterocycles. The molecule has 2 aromatic rings. The van der Waals surface area contributed by atoms with Gasteiger partial charge in [-0.25, -0.2) is 9.78 Å². The minimum absolute atomic E-state index is 0.106. The highest BCUT2D eigenvalue weighted by Crippen LogP contribution is 2.37. The molecule has 0 atom stereocenters. The molecular formula is C18H22N2O4S. The number of carbonyl (C=O) groups excluding carboxylic acids is 1. The fraction of sp³-hybridized carbons (Fsp3) is 0.500. The van der Waals surface area contributed by atoms with Crippen molar-refractivity contribution < 1.29 is 19.1 Å². The number of carbonyl (C=O) groups is 2. The summed E-state index contributed by atoms with van der Waals surface area (Å²) in [5.41, 5.74) is 0.902. The predicted octanol–water partition coefficient (Wildman–Crippen LogP) is 3.98. The van der Waals surface area contributed by atoms with Gasteiger partial charge in [-0.15, -0.1) is 11.3 Å². The van der Waals surface area contributed by atoms with Gasteiger partial charge in [-0.1, -0.05) is 12.8 Å². The van der Waals surface area contributed by atoms with Crippen LogP contribution in [-0.4, -0.2) is 33.9 Å². The molecule has 0 bridgehead atoms. The number of hydrogen-bond donors (Lipinski definition) is 1. The van der Waals surface area contributed by atoms with E-state index in [2.05, 4.69) is 4.98 Å². The van der Waals surface area contributed by atoms with Crippen LogP contribution in [0, 0.1) is 13.8 Å². The second-order valence-corrected chi connectivity index (χ2v) is 7.63. The smallest absolute Gasteiger partial charge is 0.339 e. The maximum atomic E-state index is 12.8. The maximum absolute atomic E-state index is 12.8. The normalized spacial score (nSPS) is 14.8. The molecule has 2 heterocycles. The summed E-state index contributed by atoms with van der Waals surface area (Å²) in [4.78, 5) is 30.7. The summed E-state index contributed by atoms with van der Waals surface area (Å²) in [6, 6.07) is 1.48. The highest BCUT2D eigenvalue weighted by atomic mass is 32.1. The maximum Gasteiger partial charge on any atom is 0.339 e. The number of thiazole rings is 1. The lowest BCUT2D eigenvalue weighted by molar-refractivity contribution is 0.0694. The minimum Gasteiger partial charge on any atom is -0.478 e. The molecule has 1 N–H and O–H groups in total. The molecule has 6 nitrogen and oxygen atoms in total. The predicted molar refractivity (Wildman–Crippen MR) is 94.3 cm³/mol. The van der Waals surface area contributed by atoms with Crippen LogP contribution in [0.5, 0.6) is 0 Å². The summed E-state index contributed by atoms with van der Waals surface area (Å²) in [5, 5.41) is 10.2. The molecule has 134 valence electrons. The van der Waals surface area contributed by atoms with Gasteiger partial charge in [0.1, 0.15) is 22.0 Å². The van der Waals surface area contributed by atoms with Gasteiger partial charge in [0, 0.05) is 13.0 Å². The number of aromatic carboxylic acids is 1. The monoisotopic (exact) mass is 362 g/mol. The Morgan fingerprint density at radius 1 is 1.36 bits per heavy atom. The van der Waals surface area contributed by atoms with Crippen LogP contribution in [0.1, 0.15) is 73.9 Å². The second-order valence-electron chi connectivity index (χ2n) is 6.60. The molecule has 1 aliphatic carbocycles. The second kappa shape index (κ2) is 7.00. The van der Waals surface area contributed by atoms with Crippen LogP contribution in [0.3, 0.4) is 0 Å². The quantitative estimate of drug-likeness (QED) is 0.870. The number of aryl methyl sites for hydroxylation is 2. The van der Waals surface area contributed by atoms with Crippen molar-refractivity contribution in [3.63, 3.8) is 0 Å². The molecule has 0 spiro atoms. The zero-order valence-corrected chi connectivity index (χ0v) is 15.5. The van der Waals surface area contributed by atoms with E-state index in [9.17, 15) is 9.59 Å². The van der Waals surface area contributed by atoms with Gasteiger partial charge in [0.25, 0.3) is 5.91 Å². The van der Waals surface area contributed by atoms with E-state index in [4.69, 9.17) is 9.52 Å². The topological polar surface area (TPSA) is 83.6 Å². The van der Waals surface area contributed by atoms with Crippen molar-refractivity contribution in [2.75, 3.05) is 7.05 Å². The molecule has 0 saturated heterocycles. The van der Waals surface area contributed by atoms with Crippen molar-refractivity contribution in [1.29, 1.82) is 0 Å². The van der Waals surface area contributed by atoms with E-state index in [0.29, 0.717) is 22.3 Å². The highest BCUT2D eigenvalue weighted by molar-refractivity contribution is 7.13. The van der Waals surface area contributed by atoms with Gasteiger partial charge < -0.3 is 14.4 Å². The highest BCUT2D eigenvalue weighted by Gasteiger charge is 2.25. The van der Waals surface area contributed by atoms with Crippen molar-refractivity contribution in [2.45, 2.75) is 52.0 Å². The van der Waals surface area contributed by atoms with Crippen LogP contribution < -0.4 is 0 Å². The Balaban J connectivity index is 1.74. The zero-order chi connectivity index (χ0) is 18.1. The Hall–Kier alpha value is -2.15. The summed E-state index contributed by atoms with van der Waals surface area (Å²) in [6.07, 6.45) is 4.77. The number of carboxylic acids is 1. The zero-order valence-electron chi connectivity index (χ0n) is 14.7. The van der Waals surface area contributed by atoms with Crippen molar-refractivity contribution in [2.24, 2.45) is 0 Å². The molecule has 3 rings (SSSR count). The SMILES string of the molecule is Cc1nc(C2CCCC2)sc1C(=O)N(C)Cc1cc(C(=O)O)c(C)o1. The van der Waals surface area contributed by atoms with Crippen LogP contribution >= 0.6 is 11.3 Å². The number of amides is 1. The molecule has 1 saturated carbocycles. The third-order valence-electron chi connectivity index (χ3n) is 4.65. The Morgan fingerprint density at radius 3 is 2.64 bits per heavy atom. The number of nitrogens with zero attached hydrogens (tertiary/aromatic N) is 2. The van der Waals surface area contributed by atoms with E-state index in [0.717, 1.165) is 23.5 Å². The van der Waals surface area contributed by atoms with Gasteiger partial charge in [-0.3, -0.25) is 4.79 Å². The first-order valence-corrected chi connectivity index (χ1v) is 9.24. The first-order valence-electron chi connectivity index (χ1n) is 8.42. The Morgan fingerprint density at radius 2 is 2.04 bits per heavy atom. The lowest BCUT2D eigenvalue weighted by atomic mass is 10.1. The average molecular weight is 362 g/mol. The molecular weight excluding hydrogens is 340 g/mol. The average Bonchev–Trinajstić information content (AvgIpc) is 3.26. The van der Waals surface area contributed by atoms with Crippen molar-refractivity contribution in [3.8, 4) is 0 Å². The standard InChI is InChI=1S/C18H22N2O4S/c1-10-15(25-16(19-10)12-6-4-5-7-12)17(21)20(3)9-13-8-14(18(22)23)11(2)24-13/h8,12H,4-7,9H2,1-3H3,(H,22,23). The van der Waals surface area contributed by atoms with Crippen LogP contribution in [0.15, 0.2) is 10.5 Å². The fourth-order valence-electron chi connectivity index (χ4n) is 3.28. The summed E-state index contributed by atoms with van der Waals surface area (Å²) < 4.78 is 5.46. The summed E-state index contributed by atoms with van der Waals surface area (Å²) in [5.74, 6) is 0.164. The third-order valence-corrected chi connectivity index (χ3v) is 5.96. The number of aromatic nitrogens is 1. The molecule has 0 radical (unpaired) electrons. The summed E-state index contributed by atoms with van der Waals surface area (Å²) >= 11 is 1.49. The largest absolute Gasteiger partial charge is 0.478 e. The summed E-state index contributed by atoms with van der Waals surface area (Å²) in [7, 11) is 1.69. The third kappa shape index (κ3) is 3.61. The molecule has 0 aliphatic heterocycles. The van der Waals surface area contributed by atoms with Gasteiger partial charge in [0.2, 0.25) is 0 Å². The summed E-state index contributed by atoms with van der Waals surface area (Å²) in [6.45, 7) is 3.70. The molecule has 7 heteroatoms. The number of furan rings is 1. The Bertz CT molecular complexity index is 802. The number of rotatable bonds is 5. The fourth-order valence-corrected chi connectivity index (χ4v) is 4.51. The number of hydrogen-bond acceptors (Lipinski definition) is 5. The van der Waals surface area contributed by atoms with E-state index in [-0.39, 0.29) is 18.0 Å². The molecule has 0 aromatic carbocycles. The van der Waals surface area contributed by atoms with Gasteiger partial charge in [-0.2, -0.15) is 0 Å². The Labute approximate surface area is 150 Å². The van der Waals surface area contributed by atoms with Crippen LogP contribution in [0.4, 0.5) is 0 Å². The molecule has 1 fully saturated rings.